The molecule has 192 valence electrons. The fourth-order valence-electron chi connectivity index (χ4n) is 4.80. The molecular weight excluding hydrogens is 516 g/mol. The van der Waals surface area contributed by atoms with E-state index in [4.69, 9.17) is 9.73 Å². The zero-order chi connectivity index (χ0) is 26.1. The van der Waals surface area contributed by atoms with Crippen LogP contribution < -0.4 is 25.1 Å². The second kappa shape index (κ2) is 10.5. The Morgan fingerprint density at radius 1 is 1.05 bits per heavy atom. The van der Waals surface area contributed by atoms with Crippen LogP contribution in [0.5, 0.6) is 0 Å². The minimum Gasteiger partial charge on any atom is -0.378 e. The van der Waals surface area contributed by atoms with Gasteiger partial charge in [0.15, 0.2) is 4.80 Å². The van der Waals surface area contributed by atoms with Gasteiger partial charge in [0.05, 0.1) is 29.0 Å². The highest BCUT2D eigenvalue weighted by atomic mass is 32.1. The summed E-state index contributed by atoms with van der Waals surface area (Å²) in [4.78, 5) is 35.8. The van der Waals surface area contributed by atoms with Gasteiger partial charge in [-0.1, -0.05) is 47.7 Å². The molecule has 1 N–H and O–H groups in total. The predicted octanol–water partition coefficient (Wildman–Crippen LogP) is 3.77. The highest BCUT2D eigenvalue weighted by molar-refractivity contribution is 7.10. The van der Waals surface area contributed by atoms with Gasteiger partial charge in [0.1, 0.15) is 6.04 Å². The van der Waals surface area contributed by atoms with Crippen LogP contribution in [0.4, 0.5) is 11.4 Å². The lowest BCUT2D eigenvalue weighted by molar-refractivity contribution is -0.113. The number of para-hydroxylation sites is 1. The molecule has 9 heteroatoms. The van der Waals surface area contributed by atoms with Crippen molar-refractivity contribution in [2.75, 3.05) is 36.5 Å². The van der Waals surface area contributed by atoms with Gasteiger partial charge in [-0.05, 0) is 54.3 Å². The highest BCUT2D eigenvalue weighted by Gasteiger charge is 2.33. The SMILES string of the molecule is CC1=C(C(=O)Nc2ccccc2)[C@@H](c2cccs2)n2c(s/c(=C/c3ccc(N4CCOCC4)cc3)c2=O)=N1. The number of hydrogen-bond donors (Lipinski definition) is 1. The molecule has 0 unspecified atom stereocenters. The van der Waals surface area contributed by atoms with Gasteiger partial charge >= 0.3 is 0 Å². The number of morpholine rings is 1. The second-order valence-corrected chi connectivity index (χ2v) is 11.1. The number of amides is 1. The summed E-state index contributed by atoms with van der Waals surface area (Å²) in [5, 5.41) is 4.94. The third kappa shape index (κ3) is 4.76. The molecule has 1 amide bonds. The van der Waals surface area contributed by atoms with Crippen molar-refractivity contribution in [3.05, 3.63) is 114 Å². The number of aromatic nitrogens is 1. The van der Waals surface area contributed by atoms with Crippen LogP contribution in [0.3, 0.4) is 0 Å². The van der Waals surface area contributed by atoms with Gasteiger partial charge in [-0.15, -0.1) is 11.3 Å². The molecule has 1 fully saturated rings. The molecule has 2 aliphatic heterocycles. The van der Waals surface area contributed by atoms with Gasteiger partial charge in [0.2, 0.25) is 0 Å². The molecule has 7 nitrogen and oxygen atoms in total. The van der Waals surface area contributed by atoms with E-state index in [1.807, 2.05) is 73.0 Å². The number of thiazole rings is 1. The molecule has 2 aromatic carbocycles. The number of fused-ring (bicyclic) bond motifs is 1. The van der Waals surface area contributed by atoms with E-state index in [2.05, 4.69) is 22.3 Å². The van der Waals surface area contributed by atoms with Crippen molar-refractivity contribution < 1.29 is 9.53 Å². The number of allylic oxidation sites excluding steroid dienone is 1. The Hall–Kier alpha value is -3.79. The average molecular weight is 543 g/mol. The summed E-state index contributed by atoms with van der Waals surface area (Å²) >= 11 is 2.88. The van der Waals surface area contributed by atoms with Crippen LogP contribution in [-0.4, -0.2) is 36.8 Å². The first-order chi connectivity index (χ1) is 18.6. The molecule has 6 rings (SSSR count). The minimum atomic E-state index is -0.541. The van der Waals surface area contributed by atoms with Crippen molar-refractivity contribution in [2.24, 2.45) is 4.99 Å². The Morgan fingerprint density at radius 2 is 1.82 bits per heavy atom. The molecule has 1 saturated heterocycles. The molecule has 2 aliphatic rings. The predicted molar refractivity (Wildman–Crippen MR) is 153 cm³/mol. The van der Waals surface area contributed by atoms with Crippen molar-refractivity contribution in [2.45, 2.75) is 13.0 Å². The van der Waals surface area contributed by atoms with Gasteiger partial charge in [-0.25, -0.2) is 4.99 Å². The Kier molecular flexibility index (Phi) is 6.80. The molecule has 1 atom stereocenters. The first kappa shape index (κ1) is 24.5. The number of rotatable bonds is 5. The smallest absolute Gasteiger partial charge is 0.271 e. The van der Waals surface area contributed by atoms with Crippen molar-refractivity contribution in [3.8, 4) is 0 Å². The standard InChI is InChI=1S/C29H26N4O3S2/c1-19-25(27(34)31-21-6-3-2-4-7-21)26(23-8-5-17-37-23)33-28(35)24(38-29(33)30-19)18-20-9-11-22(12-10-20)32-13-15-36-16-14-32/h2-12,17-18,26H,13-16H2,1H3,(H,31,34)/b24-18+/t26-/m1/s1. The minimum absolute atomic E-state index is 0.151. The number of nitrogens with one attached hydrogen (secondary N) is 1. The summed E-state index contributed by atoms with van der Waals surface area (Å²) in [6.07, 6.45) is 1.90. The zero-order valence-corrected chi connectivity index (χ0v) is 22.4. The van der Waals surface area contributed by atoms with Crippen LogP contribution in [0, 0.1) is 0 Å². The Labute approximate surface area is 227 Å². The molecular formula is C29H26N4O3S2. The molecule has 2 aromatic heterocycles. The van der Waals surface area contributed by atoms with Crippen LogP contribution in [0.1, 0.15) is 23.4 Å². The van der Waals surface area contributed by atoms with E-state index in [0.717, 1.165) is 42.4 Å². The van der Waals surface area contributed by atoms with E-state index in [0.29, 0.717) is 26.3 Å². The first-order valence-corrected chi connectivity index (χ1v) is 14.1. The lowest BCUT2D eigenvalue weighted by Gasteiger charge is -2.28. The van der Waals surface area contributed by atoms with Gasteiger partial charge in [-0.2, -0.15) is 0 Å². The Balaban J connectivity index is 1.38. The number of benzene rings is 2. The van der Waals surface area contributed by atoms with Gasteiger partial charge in [0.25, 0.3) is 11.5 Å². The maximum atomic E-state index is 13.8. The summed E-state index contributed by atoms with van der Waals surface area (Å²) in [6, 6.07) is 20.9. The van der Waals surface area contributed by atoms with Gasteiger partial charge < -0.3 is 15.0 Å². The maximum Gasteiger partial charge on any atom is 0.271 e. The third-order valence-corrected chi connectivity index (χ3v) is 8.59. The normalized spacial score (nSPS) is 17.8. The van der Waals surface area contributed by atoms with E-state index in [1.54, 1.807) is 4.57 Å². The molecule has 0 bridgehead atoms. The fraction of sp³-hybridized carbons (Fsp3) is 0.207. The van der Waals surface area contributed by atoms with E-state index >= 15 is 0 Å². The van der Waals surface area contributed by atoms with Crippen molar-refractivity contribution in [1.29, 1.82) is 0 Å². The van der Waals surface area contributed by atoms with Crippen molar-refractivity contribution in [1.82, 2.24) is 4.57 Å². The molecule has 4 heterocycles. The summed E-state index contributed by atoms with van der Waals surface area (Å²) in [7, 11) is 0. The molecule has 4 aromatic rings. The maximum absolute atomic E-state index is 13.8. The molecule has 0 radical (unpaired) electrons. The summed E-state index contributed by atoms with van der Waals surface area (Å²) < 4.78 is 7.70. The van der Waals surface area contributed by atoms with Gasteiger partial charge in [0, 0.05) is 29.3 Å². The van der Waals surface area contributed by atoms with Crippen molar-refractivity contribution in [3.63, 3.8) is 0 Å². The van der Waals surface area contributed by atoms with Crippen LogP contribution in [0.25, 0.3) is 6.08 Å². The topological polar surface area (TPSA) is 75.9 Å². The van der Waals surface area contributed by atoms with E-state index in [9.17, 15) is 9.59 Å². The lowest BCUT2D eigenvalue weighted by atomic mass is 10.0. The van der Waals surface area contributed by atoms with Crippen LogP contribution in [0.2, 0.25) is 0 Å². The van der Waals surface area contributed by atoms with E-state index in [-0.39, 0.29) is 11.5 Å². The van der Waals surface area contributed by atoms with Gasteiger partial charge in [-0.3, -0.25) is 14.2 Å². The number of ether oxygens (including phenoxy) is 1. The Morgan fingerprint density at radius 3 is 2.53 bits per heavy atom. The van der Waals surface area contributed by atoms with E-state index < -0.39 is 6.04 Å². The molecule has 0 saturated carbocycles. The highest BCUT2D eigenvalue weighted by Crippen LogP contribution is 2.33. The fourth-order valence-corrected chi connectivity index (χ4v) is 6.67. The van der Waals surface area contributed by atoms with Crippen LogP contribution in [-0.2, 0) is 9.53 Å². The summed E-state index contributed by atoms with van der Waals surface area (Å²) in [5.74, 6) is -0.260. The lowest BCUT2D eigenvalue weighted by Crippen LogP contribution is -2.40. The number of carbonyl (C=O) groups is 1. The zero-order valence-electron chi connectivity index (χ0n) is 20.8. The number of carbonyl (C=O) groups excluding carboxylic acids is 1. The first-order valence-electron chi connectivity index (χ1n) is 12.4. The largest absolute Gasteiger partial charge is 0.378 e. The molecule has 0 spiro atoms. The average Bonchev–Trinajstić information content (AvgIpc) is 3.58. The van der Waals surface area contributed by atoms with E-state index in [1.165, 1.54) is 22.7 Å². The van der Waals surface area contributed by atoms with Crippen LogP contribution in [0.15, 0.2) is 93.2 Å². The number of nitrogens with zero attached hydrogens (tertiary/aromatic N) is 3. The van der Waals surface area contributed by atoms with Crippen LogP contribution >= 0.6 is 22.7 Å². The quantitative estimate of drug-likeness (QED) is 0.417. The third-order valence-electron chi connectivity index (χ3n) is 6.68. The summed E-state index contributed by atoms with van der Waals surface area (Å²) in [5.41, 5.74) is 3.72. The molecule has 38 heavy (non-hydrogen) atoms. The molecule has 0 aliphatic carbocycles. The van der Waals surface area contributed by atoms with Crippen molar-refractivity contribution >= 4 is 46.0 Å². The number of hydrogen-bond acceptors (Lipinski definition) is 7. The monoisotopic (exact) mass is 542 g/mol. The second-order valence-electron chi connectivity index (χ2n) is 9.11. The summed E-state index contributed by atoms with van der Waals surface area (Å²) in [6.45, 7) is 5.06. The Bertz CT molecular complexity index is 1660. The number of anilines is 2. The number of thiophene rings is 1.